The van der Waals surface area contributed by atoms with Gasteiger partial charge in [-0.2, -0.15) is 5.01 Å². The van der Waals surface area contributed by atoms with Crippen LogP contribution in [0, 0.1) is 5.92 Å². The molecular weight excluding hydrogens is 366 g/mol. The Bertz CT molecular complexity index is 640. The van der Waals surface area contributed by atoms with E-state index in [0.29, 0.717) is 50.0 Å². The smallest absolute Gasteiger partial charge is 0.344 e. The van der Waals surface area contributed by atoms with Crippen molar-refractivity contribution in [2.75, 3.05) is 46.4 Å². The fourth-order valence-electron chi connectivity index (χ4n) is 4.00. The minimum Gasteiger partial charge on any atom is -0.378 e. The Labute approximate surface area is 164 Å². The topological polar surface area (TPSA) is 112 Å². The number of carbonyl (C=O) groups excluding carboxylic acids is 4. The predicted octanol–water partition coefficient (Wildman–Crippen LogP) is -2.11. The average Bonchev–Trinajstić information content (AvgIpc) is 2.89. The molecule has 0 aromatic heterocycles. The molecular formula is C18H30N5O5+. The molecule has 3 N–H and O–H groups in total. The summed E-state index contributed by atoms with van der Waals surface area (Å²) >= 11 is 0. The van der Waals surface area contributed by atoms with Crippen molar-refractivity contribution in [1.82, 2.24) is 20.7 Å². The summed E-state index contributed by atoms with van der Waals surface area (Å²) < 4.78 is 5.23. The molecule has 1 atom stereocenters. The molecule has 1 saturated carbocycles. The summed E-state index contributed by atoms with van der Waals surface area (Å²) in [5.74, 6) is -0.379. The molecule has 3 rings (SSSR count). The number of hydrazine groups is 1. The molecule has 1 unspecified atom stereocenters. The maximum absolute atomic E-state index is 12.8. The van der Waals surface area contributed by atoms with Crippen molar-refractivity contribution in [2.24, 2.45) is 5.92 Å². The molecule has 10 heteroatoms. The highest BCUT2D eigenvalue weighted by atomic mass is 16.5. The second-order valence-corrected chi connectivity index (χ2v) is 8.17. The third-order valence-corrected chi connectivity index (χ3v) is 5.81. The molecule has 0 aromatic rings. The number of ether oxygens (including phenoxy) is 1. The van der Waals surface area contributed by atoms with Gasteiger partial charge in [-0.15, -0.1) is 0 Å². The Morgan fingerprint density at radius 1 is 1.21 bits per heavy atom. The van der Waals surface area contributed by atoms with E-state index in [1.54, 1.807) is 11.9 Å². The number of nitrogens with one attached hydrogen (secondary N) is 3. The quantitative estimate of drug-likeness (QED) is 0.461. The Balaban J connectivity index is 1.49. The van der Waals surface area contributed by atoms with E-state index in [-0.39, 0.29) is 24.9 Å². The third-order valence-electron chi connectivity index (χ3n) is 5.81. The predicted molar refractivity (Wildman–Crippen MR) is 97.9 cm³/mol. The molecule has 3 fully saturated rings. The number of imide groups is 1. The Morgan fingerprint density at radius 2 is 1.86 bits per heavy atom. The van der Waals surface area contributed by atoms with Crippen molar-refractivity contribution < 1.29 is 28.8 Å². The molecule has 2 aliphatic heterocycles. The van der Waals surface area contributed by atoms with Crippen LogP contribution in [0.4, 0.5) is 4.79 Å². The van der Waals surface area contributed by atoms with Gasteiger partial charge < -0.3 is 19.9 Å². The van der Waals surface area contributed by atoms with Crippen molar-refractivity contribution in [3.63, 3.8) is 0 Å². The number of hydrogen-bond donors (Lipinski definition) is 3. The minimum atomic E-state index is -0.887. The van der Waals surface area contributed by atoms with Gasteiger partial charge in [-0.25, -0.2) is 4.79 Å². The highest BCUT2D eigenvalue weighted by Crippen LogP contribution is 2.35. The van der Waals surface area contributed by atoms with E-state index in [9.17, 15) is 19.2 Å². The van der Waals surface area contributed by atoms with E-state index in [1.807, 2.05) is 0 Å². The number of hydrogen-bond acceptors (Lipinski definition) is 5. The third kappa shape index (κ3) is 4.44. The monoisotopic (exact) mass is 396 g/mol. The number of quaternary nitrogens is 1. The zero-order chi connectivity index (χ0) is 20.3. The molecule has 0 bridgehead atoms. The van der Waals surface area contributed by atoms with Crippen molar-refractivity contribution in [1.29, 1.82) is 0 Å². The normalized spacial score (nSPS) is 29.0. The zero-order valence-corrected chi connectivity index (χ0v) is 16.6. The molecule has 1 spiro atoms. The lowest BCUT2D eigenvalue weighted by Crippen LogP contribution is -3.11. The van der Waals surface area contributed by atoms with Crippen LogP contribution in [0.15, 0.2) is 0 Å². The second-order valence-electron chi connectivity index (χ2n) is 8.17. The zero-order valence-electron chi connectivity index (χ0n) is 16.6. The Morgan fingerprint density at radius 3 is 2.50 bits per heavy atom. The minimum absolute atomic E-state index is 0.0167. The molecule has 28 heavy (non-hydrogen) atoms. The van der Waals surface area contributed by atoms with Gasteiger partial charge in [-0.3, -0.25) is 19.8 Å². The lowest BCUT2D eigenvalue weighted by atomic mass is 9.77. The molecule has 3 aliphatic rings. The molecule has 5 amide bonds. The Hall–Kier alpha value is -2.20. The Kier molecular flexibility index (Phi) is 6.19. The number of rotatable bonds is 5. The first-order chi connectivity index (χ1) is 13.3. The number of likely N-dealkylation sites (N-methyl/N-ethyl adjacent to an activating group) is 1. The van der Waals surface area contributed by atoms with Crippen LogP contribution < -0.4 is 15.6 Å². The number of carbonyl (C=O) groups is 4. The van der Waals surface area contributed by atoms with Gasteiger partial charge in [0.25, 0.3) is 17.7 Å². The van der Waals surface area contributed by atoms with E-state index in [1.165, 1.54) is 0 Å². The van der Waals surface area contributed by atoms with Crippen LogP contribution >= 0.6 is 0 Å². The van der Waals surface area contributed by atoms with E-state index in [0.717, 1.165) is 17.9 Å². The lowest BCUT2D eigenvalue weighted by molar-refractivity contribution is -0.863. The number of morpholine rings is 1. The van der Waals surface area contributed by atoms with Gasteiger partial charge >= 0.3 is 6.03 Å². The van der Waals surface area contributed by atoms with Gasteiger partial charge in [0.05, 0.1) is 20.3 Å². The van der Waals surface area contributed by atoms with Gasteiger partial charge in [0.15, 0.2) is 13.1 Å². The van der Waals surface area contributed by atoms with Crippen LogP contribution in [0.5, 0.6) is 0 Å². The van der Waals surface area contributed by atoms with Crippen molar-refractivity contribution >= 4 is 23.8 Å². The van der Waals surface area contributed by atoms with Crippen molar-refractivity contribution in [2.45, 2.75) is 38.1 Å². The first kappa shape index (κ1) is 20.5. The average molecular weight is 396 g/mol. The highest BCUT2D eigenvalue weighted by Gasteiger charge is 2.53. The molecule has 2 saturated heterocycles. The van der Waals surface area contributed by atoms with E-state index < -0.39 is 17.5 Å². The fourth-order valence-corrected chi connectivity index (χ4v) is 4.00. The van der Waals surface area contributed by atoms with Gasteiger partial charge in [0.1, 0.15) is 5.54 Å². The molecule has 156 valence electrons. The largest absolute Gasteiger partial charge is 0.378 e. The number of amides is 5. The summed E-state index contributed by atoms with van der Waals surface area (Å²) in [5, 5.41) is 3.57. The summed E-state index contributed by atoms with van der Waals surface area (Å²) in [6.07, 6.45) is 2.91. The van der Waals surface area contributed by atoms with Crippen LogP contribution in [0.1, 0.15) is 32.6 Å². The molecule has 1 aliphatic carbocycles. The van der Waals surface area contributed by atoms with Crippen molar-refractivity contribution in [3.05, 3.63) is 0 Å². The molecule has 10 nitrogen and oxygen atoms in total. The molecule has 0 radical (unpaired) electrons. The van der Waals surface area contributed by atoms with Gasteiger partial charge in [-0.05, 0) is 31.6 Å². The van der Waals surface area contributed by atoms with E-state index >= 15 is 0 Å². The first-order valence-corrected chi connectivity index (χ1v) is 9.94. The maximum Gasteiger partial charge on any atom is 0.344 e. The first-order valence-electron chi connectivity index (χ1n) is 9.94. The van der Waals surface area contributed by atoms with Crippen LogP contribution in [0.25, 0.3) is 0 Å². The summed E-state index contributed by atoms with van der Waals surface area (Å²) in [5.41, 5.74) is 1.52. The number of nitrogens with zero attached hydrogens (tertiary/aromatic N) is 2. The van der Waals surface area contributed by atoms with E-state index in [4.69, 9.17) is 4.74 Å². The highest BCUT2D eigenvalue weighted by molar-refractivity contribution is 6.08. The number of urea groups is 1. The van der Waals surface area contributed by atoms with Crippen LogP contribution in [-0.4, -0.2) is 85.6 Å². The summed E-state index contributed by atoms with van der Waals surface area (Å²) in [4.78, 5) is 52.0. The SMILES string of the molecule is CC1CCC2(CC1)NC(=O)N(NC(=O)C[NH+](C)CC(=O)N1CCOCC1)C2=O. The van der Waals surface area contributed by atoms with E-state index in [2.05, 4.69) is 17.7 Å². The summed E-state index contributed by atoms with van der Waals surface area (Å²) in [6, 6.07) is -0.588. The molecule has 0 aromatic carbocycles. The van der Waals surface area contributed by atoms with Crippen LogP contribution in [-0.2, 0) is 19.1 Å². The summed E-state index contributed by atoms with van der Waals surface area (Å²) in [7, 11) is 1.73. The fraction of sp³-hybridized carbons (Fsp3) is 0.778. The standard InChI is InChI=1S/C18H29N5O5/c1-13-3-5-18(6-4-13)16(26)23(17(27)19-18)20-14(24)11-21(2)12-15(25)22-7-9-28-10-8-22/h13H,3-12H2,1-2H3,(H,19,27)(H,20,24)/p+1. The van der Waals surface area contributed by atoms with Crippen LogP contribution in [0.2, 0.25) is 0 Å². The lowest BCUT2D eigenvalue weighted by Gasteiger charge is -2.33. The molecule has 2 heterocycles. The van der Waals surface area contributed by atoms with Gasteiger partial charge in [-0.1, -0.05) is 6.92 Å². The van der Waals surface area contributed by atoms with Crippen LogP contribution in [0.3, 0.4) is 0 Å². The van der Waals surface area contributed by atoms with Gasteiger partial charge in [0, 0.05) is 13.1 Å². The summed E-state index contributed by atoms with van der Waals surface area (Å²) in [6.45, 7) is 4.44. The van der Waals surface area contributed by atoms with Crippen molar-refractivity contribution in [3.8, 4) is 0 Å². The van der Waals surface area contributed by atoms with Gasteiger partial charge in [0.2, 0.25) is 0 Å². The maximum atomic E-state index is 12.8. The second kappa shape index (κ2) is 8.44.